The molecule has 138 valence electrons. The Morgan fingerprint density at radius 1 is 1.08 bits per heavy atom. The summed E-state index contributed by atoms with van der Waals surface area (Å²) in [6.45, 7) is 3.79. The lowest BCUT2D eigenvalue weighted by atomic mass is 9.96. The molecule has 1 aliphatic heterocycles. The van der Waals surface area contributed by atoms with Crippen LogP contribution in [0.5, 0.6) is 0 Å². The second kappa shape index (κ2) is 9.39. The van der Waals surface area contributed by atoms with Crippen LogP contribution in [0.25, 0.3) is 0 Å². The number of rotatable bonds is 6. The van der Waals surface area contributed by atoms with Gasteiger partial charge >= 0.3 is 6.09 Å². The van der Waals surface area contributed by atoms with Gasteiger partial charge in [-0.2, -0.15) is 0 Å². The number of amides is 1. The number of hydrogen-bond acceptors (Lipinski definition) is 3. The zero-order chi connectivity index (χ0) is 18.2. The number of likely N-dealkylation sites (tertiary alicyclic amines) is 1. The van der Waals surface area contributed by atoms with Crippen molar-refractivity contribution in [3.8, 4) is 0 Å². The Kier molecular flexibility index (Phi) is 6.67. The fourth-order valence-corrected chi connectivity index (χ4v) is 3.54. The van der Waals surface area contributed by atoms with Crippen LogP contribution in [-0.2, 0) is 11.2 Å². The molecule has 1 N–H and O–H groups in total. The first-order chi connectivity index (χ1) is 12.8. The Hall–Kier alpha value is -2.33. The Labute approximate surface area is 156 Å². The maximum absolute atomic E-state index is 11.9. The van der Waals surface area contributed by atoms with E-state index in [1.165, 1.54) is 11.1 Å². The van der Waals surface area contributed by atoms with E-state index in [1.807, 2.05) is 11.8 Å². The van der Waals surface area contributed by atoms with Crippen LogP contribution in [-0.4, -0.2) is 36.7 Å². The molecule has 26 heavy (non-hydrogen) atoms. The molecule has 0 spiro atoms. The summed E-state index contributed by atoms with van der Waals surface area (Å²) in [4.78, 5) is 13.7. The average Bonchev–Trinajstić information content (AvgIpc) is 2.70. The Morgan fingerprint density at radius 2 is 1.69 bits per heavy atom. The summed E-state index contributed by atoms with van der Waals surface area (Å²) in [5.74, 6) is 0. The van der Waals surface area contributed by atoms with Crippen LogP contribution in [0.1, 0.15) is 36.9 Å². The second-order valence-electron chi connectivity index (χ2n) is 6.78. The molecule has 4 heteroatoms. The standard InChI is InChI=1S/C22H28N2O2/c1-2-26-22(25)24-15-13-20(14-16-24)23-21(19-11-7-4-8-12-19)17-18-9-5-3-6-10-18/h3-12,20-21,23H,2,13-17H2,1H3. The van der Waals surface area contributed by atoms with Gasteiger partial charge in [-0.3, -0.25) is 0 Å². The molecule has 3 rings (SSSR count). The van der Waals surface area contributed by atoms with Gasteiger partial charge in [0.2, 0.25) is 0 Å². The van der Waals surface area contributed by atoms with Crippen LogP contribution in [0.3, 0.4) is 0 Å². The van der Waals surface area contributed by atoms with Crippen molar-refractivity contribution in [3.05, 3.63) is 71.8 Å². The quantitative estimate of drug-likeness (QED) is 0.848. The van der Waals surface area contributed by atoms with Gasteiger partial charge in [-0.15, -0.1) is 0 Å². The highest BCUT2D eigenvalue weighted by Gasteiger charge is 2.25. The Bertz CT molecular complexity index is 667. The van der Waals surface area contributed by atoms with Gasteiger partial charge in [-0.05, 0) is 37.3 Å². The van der Waals surface area contributed by atoms with Crippen LogP contribution < -0.4 is 5.32 Å². The van der Waals surface area contributed by atoms with Crippen LogP contribution in [0.4, 0.5) is 4.79 Å². The highest BCUT2D eigenvalue weighted by atomic mass is 16.6. The molecule has 1 fully saturated rings. The van der Waals surface area contributed by atoms with Crippen molar-refractivity contribution in [1.82, 2.24) is 10.2 Å². The van der Waals surface area contributed by atoms with Gasteiger partial charge in [0.25, 0.3) is 0 Å². The summed E-state index contributed by atoms with van der Waals surface area (Å²) in [6, 6.07) is 21.9. The van der Waals surface area contributed by atoms with E-state index in [9.17, 15) is 4.79 Å². The summed E-state index contributed by atoms with van der Waals surface area (Å²) < 4.78 is 5.11. The van der Waals surface area contributed by atoms with Crippen LogP contribution in [0.2, 0.25) is 0 Å². The van der Waals surface area contributed by atoms with Gasteiger partial charge in [-0.25, -0.2) is 4.79 Å². The molecule has 1 aliphatic rings. The maximum atomic E-state index is 11.9. The molecule has 4 nitrogen and oxygen atoms in total. The predicted octanol–water partition coefficient (Wildman–Crippen LogP) is 4.18. The number of ether oxygens (including phenoxy) is 1. The van der Waals surface area contributed by atoms with Crippen molar-refractivity contribution in [2.75, 3.05) is 19.7 Å². The summed E-state index contributed by atoms with van der Waals surface area (Å²) in [6.07, 6.45) is 2.69. The monoisotopic (exact) mass is 352 g/mol. The topological polar surface area (TPSA) is 41.6 Å². The largest absolute Gasteiger partial charge is 0.450 e. The van der Waals surface area contributed by atoms with Crippen LogP contribution in [0, 0.1) is 0 Å². The van der Waals surface area contributed by atoms with Crippen molar-refractivity contribution in [3.63, 3.8) is 0 Å². The molecular weight excluding hydrogens is 324 g/mol. The van der Waals surface area contributed by atoms with Crippen molar-refractivity contribution in [2.24, 2.45) is 0 Å². The molecule has 0 bridgehead atoms. The first-order valence-electron chi connectivity index (χ1n) is 9.53. The normalized spacial score (nSPS) is 16.3. The third-order valence-corrected chi connectivity index (χ3v) is 4.94. The predicted molar refractivity (Wildman–Crippen MR) is 104 cm³/mol. The fourth-order valence-electron chi connectivity index (χ4n) is 3.54. The summed E-state index contributed by atoms with van der Waals surface area (Å²) in [7, 11) is 0. The summed E-state index contributed by atoms with van der Waals surface area (Å²) in [5.41, 5.74) is 2.64. The van der Waals surface area contributed by atoms with Gasteiger partial charge in [0.1, 0.15) is 0 Å². The van der Waals surface area contributed by atoms with E-state index >= 15 is 0 Å². The highest BCUT2D eigenvalue weighted by Crippen LogP contribution is 2.22. The van der Waals surface area contributed by atoms with E-state index in [-0.39, 0.29) is 12.1 Å². The lowest BCUT2D eigenvalue weighted by Gasteiger charge is -2.34. The molecule has 0 aliphatic carbocycles. The van der Waals surface area contributed by atoms with Gasteiger partial charge in [-0.1, -0.05) is 60.7 Å². The smallest absolute Gasteiger partial charge is 0.409 e. The molecule has 1 heterocycles. The van der Waals surface area contributed by atoms with E-state index in [0.29, 0.717) is 12.6 Å². The Morgan fingerprint density at radius 3 is 2.31 bits per heavy atom. The average molecular weight is 352 g/mol. The number of nitrogens with one attached hydrogen (secondary N) is 1. The van der Waals surface area contributed by atoms with E-state index in [4.69, 9.17) is 4.74 Å². The molecule has 1 amide bonds. The minimum absolute atomic E-state index is 0.185. The van der Waals surface area contributed by atoms with Crippen molar-refractivity contribution < 1.29 is 9.53 Å². The molecule has 2 aromatic rings. The van der Waals surface area contributed by atoms with Gasteiger partial charge in [0.05, 0.1) is 6.61 Å². The first kappa shape index (κ1) is 18.5. The van der Waals surface area contributed by atoms with Crippen molar-refractivity contribution >= 4 is 6.09 Å². The molecule has 1 unspecified atom stereocenters. The van der Waals surface area contributed by atoms with E-state index in [0.717, 1.165) is 32.4 Å². The van der Waals surface area contributed by atoms with Crippen LogP contribution >= 0.6 is 0 Å². The lowest BCUT2D eigenvalue weighted by Crippen LogP contribution is -2.46. The van der Waals surface area contributed by atoms with E-state index < -0.39 is 0 Å². The molecule has 0 radical (unpaired) electrons. The molecule has 0 aromatic heterocycles. The molecular formula is C22H28N2O2. The minimum Gasteiger partial charge on any atom is -0.450 e. The molecule has 1 saturated heterocycles. The zero-order valence-electron chi connectivity index (χ0n) is 15.4. The zero-order valence-corrected chi connectivity index (χ0v) is 15.4. The third-order valence-electron chi connectivity index (χ3n) is 4.94. The number of piperidine rings is 1. The Balaban J connectivity index is 1.62. The summed E-state index contributed by atoms with van der Waals surface area (Å²) >= 11 is 0. The molecule has 1 atom stereocenters. The van der Waals surface area contributed by atoms with E-state index in [1.54, 1.807) is 0 Å². The molecule has 2 aromatic carbocycles. The number of nitrogens with zero attached hydrogens (tertiary/aromatic N) is 1. The number of benzene rings is 2. The first-order valence-corrected chi connectivity index (χ1v) is 9.53. The minimum atomic E-state index is -0.185. The number of carbonyl (C=O) groups is 1. The highest BCUT2D eigenvalue weighted by molar-refractivity contribution is 5.67. The van der Waals surface area contributed by atoms with Gasteiger partial charge in [0.15, 0.2) is 0 Å². The van der Waals surface area contributed by atoms with Crippen LogP contribution in [0.15, 0.2) is 60.7 Å². The van der Waals surface area contributed by atoms with Crippen molar-refractivity contribution in [2.45, 2.75) is 38.3 Å². The second-order valence-corrected chi connectivity index (χ2v) is 6.78. The third kappa shape index (κ3) is 5.09. The lowest BCUT2D eigenvalue weighted by molar-refractivity contribution is 0.0941. The van der Waals surface area contributed by atoms with Gasteiger partial charge in [0, 0.05) is 25.2 Å². The van der Waals surface area contributed by atoms with E-state index in [2.05, 4.69) is 66.0 Å². The van der Waals surface area contributed by atoms with Gasteiger partial charge < -0.3 is 15.0 Å². The summed E-state index contributed by atoms with van der Waals surface area (Å²) in [5, 5.41) is 3.83. The number of hydrogen-bond donors (Lipinski definition) is 1. The fraction of sp³-hybridized carbons (Fsp3) is 0.409. The number of carbonyl (C=O) groups excluding carboxylic acids is 1. The maximum Gasteiger partial charge on any atom is 0.409 e. The van der Waals surface area contributed by atoms with Crippen molar-refractivity contribution in [1.29, 1.82) is 0 Å². The SMILES string of the molecule is CCOC(=O)N1CCC(NC(Cc2ccccc2)c2ccccc2)CC1. The molecule has 0 saturated carbocycles.